The Bertz CT molecular complexity index is 501. The van der Waals surface area contributed by atoms with E-state index in [9.17, 15) is 8.42 Å². The van der Waals surface area contributed by atoms with E-state index in [0.29, 0.717) is 13.1 Å². The first-order chi connectivity index (χ1) is 8.97. The van der Waals surface area contributed by atoms with Crippen LogP contribution in [0.5, 0.6) is 0 Å². The van der Waals surface area contributed by atoms with Crippen molar-refractivity contribution >= 4 is 10.0 Å². The van der Waals surface area contributed by atoms with Crippen molar-refractivity contribution in [3.05, 3.63) is 35.9 Å². The van der Waals surface area contributed by atoms with Gasteiger partial charge in [-0.1, -0.05) is 30.3 Å². The minimum absolute atomic E-state index is 0.284. The molecule has 1 aromatic rings. The monoisotopic (exact) mass is 282 g/mol. The molecule has 2 rings (SSSR count). The molecule has 1 aromatic carbocycles. The summed E-state index contributed by atoms with van der Waals surface area (Å²) in [7, 11) is -3.04. The molecular formula is C14H22N2O2S. The van der Waals surface area contributed by atoms with E-state index in [1.54, 1.807) is 4.31 Å². The van der Waals surface area contributed by atoms with E-state index in [1.807, 2.05) is 6.07 Å². The fourth-order valence-electron chi connectivity index (χ4n) is 2.51. The lowest BCUT2D eigenvalue weighted by Gasteiger charge is -2.38. The highest BCUT2D eigenvalue weighted by Gasteiger charge is 2.28. The molecule has 1 unspecified atom stereocenters. The van der Waals surface area contributed by atoms with Crippen LogP contribution in [-0.2, 0) is 16.4 Å². The summed E-state index contributed by atoms with van der Waals surface area (Å²) < 4.78 is 24.6. The summed E-state index contributed by atoms with van der Waals surface area (Å²) in [5.74, 6) is 0. The van der Waals surface area contributed by atoms with Crippen LogP contribution < -0.4 is 0 Å². The molecule has 1 fully saturated rings. The van der Waals surface area contributed by atoms with Crippen molar-refractivity contribution in [2.45, 2.75) is 19.4 Å². The molecule has 0 spiro atoms. The van der Waals surface area contributed by atoms with Crippen molar-refractivity contribution in [3.8, 4) is 0 Å². The van der Waals surface area contributed by atoms with Gasteiger partial charge in [0.25, 0.3) is 0 Å². The van der Waals surface area contributed by atoms with Gasteiger partial charge in [0.2, 0.25) is 10.0 Å². The summed E-state index contributed by atoms with van der Waals surface area (Å²) in [5, 5.41) is 0. The fourth-order valence-corrected chi connectivity index (χ4v) is 3.41. The Kier molecular flexibility index (Phi) is 4.60. The van der Waals surface area contributed by atoms with Crippen molar-refractivity contribution in [1.29, 1.82) is 0 Å². The fraction of sp³-hybridized carbons (Fsp3) is 0.571. The van der Waals surface area contributed by atoms with Crippen LogP contribution >= 0.6 is 0 Å². The second-order valence-corrected chi connectivity index (χ2v) is 7.22. The van der Waals surface area contributed by atoms with E-state index in [-0.39, 0.29) is 6.04 Å². The van der Waals surface area contributed by atoms with E-state index in [0.717, 1.165) is 19.5 Å². The molecule has 19 heavy (non-hydrogen) atoms. The Balaban J connectivity index is 1.87. The van der Waals surface area contributed by atoms with Gasteiger partial charge in [-0.3, -0.25) is 4.90 Å². The van der Waals surface area contributed by atoms with E-state index in [2.05, 4.69) is 36.1 Å². The van der Waals surface area contributed by atoms with Crippen LogP contribution in [0.2, 0.25) is 0 Å². The van der Waals surface area contributed by atoms with Crippen LogP contribution in [0, 0.1) is 0 Å². The van der Waals surface area contributed by atoms with Crippen LogP contribution in [0.15, 0.2) is 30.3 Å². The molecule has 0 saturated carbocycles. The van der Waals surface area contributed by atoms with Gasteiger partial charge >= 0.3 is 0 Å². The molecule has 0 amide bonds. The zero-order chi connectivity index (χ0) is 13.9. The van der Waals surface area contributed by atoms with Crippen LogP contribution in [-0.4, -0.2) is 56.1 Å². The normalized spacial score (nSPS) is 22.5. The quantitative estimate of drug-likeness (QED) is 0.833. The average molecular weight is 282 g/mol. The number of rotatable bonds is 4. The lowest BCUT2D eigenvalue weighted by Crippen LogP contribution is -2.53. The summed E-state index contributed by atoms with van der Waals surface area (Å²) >= 11 is 0. The summed E-state index contributed by atoms with van der Waals surface area (Å²) in [6, 6.07) is 10.7. The van der Waals surface area contributed by atoms with Crippen molar-refractivity contribution in [2.24, 2.45) is 0 Å². The molecule has 0 radical (unpaired) electrons. The molecule has 0 aromatic heterocycles. The summed E-state index contributed by atoms with van der Waals surface area (Å²) in [6.45, 7) is 5.12. The maximum absolute atomic E-state index is 11.5. The Labute approximate surface area is 116 Å². The van der Waals surface area contributed by atoms with Crippen molar-refractivity contribution in [1.82, 2.24) is 9.21 Å². The molecule has 1 saturated heterocycles. The first-order valence-electron chi connectivity index (χ1n) is 6.70. The molecule has 1 atom stereocenters. The molecule has 0 aliphatic carbocycles. The number of nitrogens with zero attached hydrogens (tertiary/aromatic N) is 2. The maximum Gasteiger partial charge on any atom is 0.211 e. The van der Waals surface area contributed by atoms with Crippen molar-refractivity contribution < 1.29 is 8.42 Å². The molecule has 106 valence electrons. The molecule has 0 bridgehead atoms. The predicted molar refractivity (Wildman–Crippen MR) is 77.6 cm³/mol. The molecule has 1 aliphatic rings. The SMILES string of the molecule is CC1CN(S(C)(=O)=O)CCN1CCc1ccccc1. The smallest absolute Gasteiger partial charge is 0.211 e. The van der Waals surface area contributed by atoms with Gasteiger partial charge < -0.3 is 0 Å². The largest absolute Gasteiger partial charge is 0.298 e. The van der Waals surface area contributed by atoms with Gasteiger partial charge in [0.15, 0.2) is 0 Å². The molecule has 1 heterocycles. The van der Waals surface area contributed by atoms with Crippen LogP contribution in [0.4, 0.5) is 0 Å². The summed E-state index contributed by atoms with van der Waals surface area (Å²) in [4.78, 5) is 2.37. The minimum atomic E-state index is -3.04. The van der Waals surface area contributed by atoms with Gasteiger partial charge in [-0.05, 0) is 18.9 Å². The van der Waals surface area contributed by atoms with Crippen LogP contribution in [0.1, 0.15) is 12.5 Å². The Morgan fingerprint density at radius 1 is 1.21 bits per heavy atom. The van der Waals surface area contributed by atoms with Gasteiger partial charge in [-0.2, -0.15) is 4.31 Å². The average Bonchev–Trinajstić information content (AvgIpc) is 2.37. The molecular weight excluding hydrogens is 260 g/mol. The lowest BCUT2D eigenvalue weighted by atomic mass is 10.1. The molecule has 5 heteroatoms. The number of piperazine rings is 1. The van der Waals surface area contributed by atoms with Crippen LogP contribution in [0.3, 0.4) is 0 Å². The van der Waals surface area contributed by atoms with Crippen LogP contribution in [0.25, 0.3) is 0 Å². The third-order valence-electron chi connectivity index (χ3n) is 3.73. The second-order valence-electron chi connectivity index (χ2n) is 5.24. The zero-order valence-corrected chi connectivity index (χ0v) is 12.4. The Hall–Kier alpha value is -0.910. The lowest BCUT2D eigenvalue weighted by molar-refractivity contribution is 0.131. The van der Waals surface area contributed by atoms with Gasteiger partial charge in [-0.25, -0.2) is 8.42 Å². The van der Waals surface area contributed by atoms with E-state index < -0.39 is 10.0 Å². The highest BCUT2D eigenvalue weighted by atomic mass is 32.2. The Morgan fingerprint density at radius 2 is 1.89 bits per heavy atom. The number of hydrogen-bond acceptors (Lipinski definition) is 3. The number of hydrogen-bond donors (Lipinski definition) is 0. The number of benzene rings is 1. The topological polar surface area (TPSA) is 40.6 Å². The molecule has 1 aliphatic heterocycles. The van der Waals surface area contributed by atoms with E-state index in [4.69, 9.17) is 0 Å². The standard InChI is InChI=1S/C14H22N2O2S/c1-13-12-16(19(2,17)18)11-10-15(13)9-8-14-6-4-3-5-7-14/h3-7,13H,8-12H2,1-2H3. The summed E-state index contributed by atoms with van der Waals surface area (Å²) in [5.41, 5.74) is 1.33. The second kappa shape index (κ2) is 6.03. The molecule has 4 nitrogen and oxygen atoms in total. The zero-order valence-electron chi connectivity index (χ0n) is 11.6. The molecule has 0 N–H and O–H groups in total. The Morgan fingerprint density at radius 3 is 2.47 bits per heavy atom. The minimum Gasteiger partial charge on any atom is -0.298 e. The first kappa shape index (κ1) is 14.5. The van der Waals surface area contributed by atoms with E-state index in [1.165, 1.54) is 11.8 Å². The van der Waals surface area contributed by atoms with Gasteiger partial charge in [-0.15, -0.1) is 0 Å². The third kappa shape index (κ3) is 4.03. The van der Waals surface area contributed by atoms with Gasteiger partial charge in [0, 0.05) is 32.2 Å². The highest BCUT2D eigenvalue weighted by molar-refractivity contribution is 7.88. The highest BCUT2D eigenvalue weighted by Crippen LogP contribution is 2.13. The van der Waals surface area contributed by atoms with Gasteiger partial charge in [0.05, 0.1) is 6.26 Å². The van der Waals surface area contributed by atoms with Crippen molar-refractivity contribution in [3.63, 3.8) is 0 Å². The van der Waals surface area contributed by atoms with Gasteiger partial charge in [0.1, 0.15) is 0 Å². The maximum atomic E-state index is 11.5. The van der Waals surface area contributed by atoms with Crippen molar-refractivity contribution in [2.75, 3.05) is 32.4 Å². The predicted octanol–water partition coefficient (Wildman–Crippen LogP) is 1.19. The summed E-state index contributed by atoms with van der Waals surface area (Å²) in [6.07, 6.45) is 2.31. The first-order valence-corrected chi connectivity index (χ1v) is 8.55. The number of sulfonamides is 1. The third-order valence-corrected chi connectivity index (χ3v) is 5.00. The van der Waals surface area contributed by atoms with E-state index >= 15 is 0 Å².